The van der Waals surface area contributed by atoms with Gasteiger partial charge in [0.15, 0.2) is 5.76 Å². The predicted molar refractivity (Wildman–Crippen MR) is 100 cm³/mol. The van der Waals surface area contributed by atoms with Gasteiger partial charge in [0.2, 0.25) is 11.0 Å². The summed E-state index contributed by atoms with van der Waals surface area (Å²) in [4.78, 5) is 4.33. The number of aromatic nitrogens is 5. The largest absolute Gasteiger partial charge is 0.440 e. The van der Waals surface area contributed by atoms with Crippen LogP contribution in [0.25, 0.3) is 17.0 Å². The van der Waals surface area contributed by atoms with E-state index in [1.54, 1.807) is 10.9 Å². The standard InChI is InChI=1S/C18H14ClN5OS/c1-12-5-7-15(8-6-12)24-18(21-22-23-24)26-11-17-20-10-16(25-17)13-3-2-4-14(19)9-13/h2-10H,11H2,1H3. The molecule has 2 aromatic heterocycles. The van der Waals surface area contributed by atoms with E-state index < -0.39 is 0 Å². The zero-order valence-electron chi connectivity index (χ0n) is 13.8. The zero-order chi connectivity index (χ0) is 17.9. The summed E-state index contributed by atoms with van der Waals surface area (Å²) in [5, 5.41) is 13.3. The van der Waals surface area contributed by atoms with Crippen molar-refractivity contribution in [3.63, 3.8) is 0 Å². The Morgan fingerprint density at radius 2 is 2.00 bits per heavy atom. The van der Waals surface area contributed by atoms with Gasteiger partial charge in [-0.1, -0.05) is 53.2 Å². The number of benzene rings is 2. The number of thioether (sulfide) groups is 1. The minimum absolute atomic E-state index is 0.521. The summed E-state index contributed by atoms with van der Waals surface area (Å²) in [6, 6.07) is 15.5. The number of halogens is 1. The van der Waals surface area contributed by atoms with Crippen LogP contribution in [0.1, 0.15) is 11.5 Å². The summed E-state index contributed by atoms with van der Waals surface area (Å²) >= 11 is 7.49. The molecule has 0 saturated heterocycles. The molecule has 0 saturated carbocycles. The first kappa shape index (κ1) is 16.8. The molecule has 2 aromatic carbocycles. The van der Waals surface area contributed by atoms with Crippen molar-refractivity contribution in [2.75, 3.05) is 0 Å². The fourth-order valence-electron chi connectivity index (χ4n) is 2.40. The SMILES string of the molecule is Cc1ccc(-n2nnnc2SCc2ncc(-c3cccc(Cl)c3)o2)cc1. The van der Waals surface area contributed by atoms with Crippen LogP contribution in [-0.2, 0) is 5.75 Å². The van der Waals surface area contributed by atoms with Crippen molar-refractivity contribution in [2.45, 2.75) is 17.8 Å². The van der Waals surface area contributed by atoms with Gasteiger partial charge in [-0.05, 0) is 41.6 Å². The maximum absolute atomic E-state index is 6.02. The quantitative estimate of drug-likeness (QED) is 0.470. The molecule has 26 heavy (non-hydrogen) atoms. The van der Waals surface area contributed by atoms with E-state index in [9.17, 15) is 0 Å². The van der Waals surface area contributed by atoms with Crippen molar-refractivity contribution in [3.05, 3.63) is 71.2 Å². The van der Waals surface area contributed by atoms with E-state index in [0.29, 0.717) is 27.6 Å². The maximum atomic E-state index is 6.02. The van der Waals surface area contributed by atoms with Crippen LogP contribution in [0.5, 0.6) is 0 Å². The summed E-state index contributed by atoms with van der Waals surface area (Å²) in [6.07, 6.45) is 1.70. The molecule has 0 radical (unpaired) electrons. The van der Waals surface area contributed by atoms with Gasteiger partial charge in [-0.2, -0.15) is 4.68 Å². The molecule has 0 atom stereocenters. The lowest BCUT2D eigenvalue weighted by atomic mass is 10.2. The average Bonchev–Trinajstić information content (AvgIpc) is 3.30. The molecule has 0 bridgehead atoms. The normalized spacial score (nSPS) is 11.0. The second-order valence-corrected chi connectivity index (χ2v) is 7.01. The molecule has 0 amide bonds. The first-order valence-electron chi connectivity index (χ1n) is 7.88. The molecule has 0 fully saturated rings. The summed E-state index contributed by atoms with van der Waals surface area (Å²) in [6.45, 7) is 2.04. The molecule has 0 aliphatic rings. The van der Waals surface area contributed by atoms with E-state index in [-0.39, 0.29) is 0 Å². The molecule has 0 spiro atoms. The maximum Gasteiger partial charge on any atom is 0.214 e. The van der Waals surface area contributed by atoms with Crippen LogP contribution < -0.4 is 0 Å². The van der Waals surface area contributed by atoms with E-state index in [0.717, 1.165) is 11.3 Å². The zero-order valence-corrected chi connectivity index (χ0v) is 15.4. The highest BCUT2D eigenvalue weighted by Gasteiger charge is 2.12. The van der Waals surface area contributed by atoms with Gasteiger partial charge >= 0.3 is 0 Å². The molecule has 0 unspecified atom stereocenters. The highest BCUT2D eigenvalue weighted by Crippen LogP contribution is 2.27. The van der Waals surface area contributed by atoms with E-state index in [1.165, 1.54) is 17.3 Å². The Kier molecular flexibility index (Phi) is 4.73. The fourth-order valence-corrected chi connectivity index (χ4v) is 3.33. The van der Waals surface area contributed by atoms with Crippen LogP contribution in [0.4, 0.5) is 0 Å². The van der Waals surface area contributed by atoms with Gasteiger partial charge in [0, 0.05) is 10.6 Å². The van der Waals surface area contributed by atoms with Gasteiger partial charge in [0.05, 0.1) is 17.6 Å². The molecular weight excluding hydrogens is 370 g/mol. The molecule has 4 rings (SSSR count). The number of hydrogen-bond donors (Lipinski definition) is 0. The van der Waals surface area contributed by atoms with Crippen molar-refractivity contribution < 1.29 is 4.42 Å². The third-order valence-electron chi connectivity index (χ3n) is 3.71. The fraction of sp³-hybridized carbons (Fsp3) is 0.111. The van der Waals surface area contributed by atoms with Crippen molar-refractivity contribution in [1.82, 2.24) is 25.2 Å². The summed E-state index contributed by atoms with van der Waals surface area (Å²) in [7, 11) is 0. The lowest BCUT2D eigenvalue weighted by molar-refractivity contribution is 0.529. The molecule has 130 valence electrons. The third-order valence-corrected chi connectivity index (χ3v) is 4.85. The Bertz CT molecular complexity index is 1030. The highest BCUT2D eigenvalue weighted by molar-refractivity contribution is 7.98. The van der Waals surface area contributed by atoms with Gasteiger partial charge < -0.3 is 4.42 Å². The Labute approximate surface area is 159 Å². The first-order valence-corrected chi connectivity index (χ1v) is 9.24. The molecular formula is C18H14ClN5OS. The molecule has 6 nitrogen and oxygen atoms in total. The van der Waals surface area contributed by atoms with Crippen LogP contribution in [0, 0.1) is 6.92 Å². The van der Waals surface area contributed by atoms with Gasteiger partial charge in [-0.15, -0.1) is 5.10 Å². The monoisotopic (exact) mass is 383 g/mol. The van der Waals surface area contributed by atoms with Crippen molar-refractivity contribution >= 4 is 23.4 Å². The minimum Gasteiger partial charge on any atom is -0.440 e. The van der Waals surface area contributed by atoms with Crippen molar-refractivity contribution in [2.24, 2.45) is 0 Å². The van der Waals surface area contributed by atoms with E-state index >= 15 is 0 Å². The molecule has 4 aromatic rings. The second-order valence-electron chi connectivity index (χ2n) is 5.63. The highest BCUT2D eigenvalue weighted by atomic mass is 35.5. The number of oxazole rings is 1. The Morgan fingerprint density at radius 1 is 1.15 bits per heavy atom. The van der Waals surface area contributed by atoms with E-state index in [2.05, 4.69) is 20.5 Å². The Morgan fingerprint density at radius 3 is 2.81 bits per heavy atom. The average molecular weight is 384 g/mol. The van der Waals surface area contributed by atoms with Crippen LogP contribution in [-0.4, -0.2) is 25.2 Å². The van der Waals surface area contributed by atoms with E-state index in [4.69, 9.17) is 16.0 Å². The first-order chi connectivity index (χ1) is 12.7. The van der Waals surface area contributed by atoms with Crippen molar-refractivity contribution in [1.29, 1.82) is 0 Å². The molecule has 0 aliphatic carbocycles. The molecule has 0 N–H and O–H groups in total. The number of rotatable bonds is 5. The van der Waals surface area contributed by atoms with Gasteiger partial charge in [0.25, 0.3) is 0 Å². The summed E-state index contributed by atoms with van der Waals surface area (Å²) < 4.78 is 7.52. The number of aryl methyl sites for hydroxylation is 1. The van der Waals surface area contributed by atoms with Crippen LogP contribution in [0.3, 0.4) is 0 Å². The van der Waals surface area contributed by atoms with E-state index in [1.807, 2.05) is 55.5 Å². The smallest absolute Gasteiger partial charge is 0.214 e. The Balaban J connectivity index is 1.49. The summed E-state index contributed by atoms with van der Waals surface area (Å²) in [5.41, 5.74) is 2.99. The van der Waals surface area contributed by atoms with Gasteiger partial charge in [-0.3, -0.25) is 0 Å². The number of tetrazole rings is 1. The number of hydrogen-bond acceptors (Lipinski definition) is 6. The third kappa shape index (κ3) is 3.63. The number of nitrogens with zero attached hydrogens (tertiary/aromatic N) is 5. The second kappa shape index (κ2) is 7.31. The lowest BCUT2D eigenvalue weighted by Crippen LogP contribution is -1.99. The minimum atomic E-state index is 0.521. The molecule has 8 heteroatoms. The van der Waals surface area contributed by atoms with Crippen LogP contribution >= 0.6 is 23.4 Å². The predicted octanol–water partition coefficient (Wildman–Crippen LogP) is 4.57. The molecule has 2 heterocycles. The van der Waals surface area contributed by atoms with Gasteiger partial charge in [0.1, 0.15) is 0 Å². The van der Waals surface area contributed by atoms with Gasteiger partial charge in [-0.25, -0.2) is 4.98 Å². The topological polar surface area (TPSA) is 69.6 Å². The Hall–Kier alpha value is -2.64. The van der Waals surface area contributed by atoms with Crippen LogP contribution in [0.2, 0.25) is 5.02 Å². The molecule has 0 aliphatic heterocycles. The lowest BCUT2D eigenvalue weighted by Gasteiger charge is -2.03. The summed E-state index contributed by atoms with van der Waals surface area (Å²) in [5.74, 6) is 1.80. The van der Waals surface area contributed by atoms with Crippen LogP contribution in [0.15, 0.2) is 64.3 Å². The van der Waals surface area contributed by atoms with Crippen molar-refractivity contribution in [3.8, 4) is 17.0 Å².